The van der Waals surface area contributed by atoms with Crippen LogP contribution in [-0.4, -0.2) is 30.8 Å². The molecule has 1 amide bonds. The number of carbonyl (C=O) groups is 1. The highest BCUT2D eigenvalue weighted by atomic mass is 19.4. The van der Waals surface area contributed by atoms with Gasteiger partial charge in [0.15, 0.2) is 5.54 Å². The van der Waals surface area contributed by atoms with Gasteiger partial charge in [0.2, 0.25) is 5.91 Å². The molecule has 0 aliphatic rings. The highest BCUT2D eigenvalue weighted by Crippen LogP contribution is 2.28. The maximum atomic E-state index is 12.7. The van der Waals surface area contributed by atoms with Crippen molar-refractivity contribution in [2.45, 2.75) is 38.0 Å². The molecule has 0 bridgehead atoms. The summed E-state index contributed by atoms with van der Waals surface area (Å²) in [7, 11) is 1.50. The predicted molar refractivity (Wildman–Crippen MR) is 73.0 cm³/mol. The number of nitrogens with two attached hydrogens (primary N) is 1. The molecule has 1 rings (SSSR count). The van der Waals surface area contributed by atoms with Crippen LogP contribution in [0.5, 0.6) is 5.75 Å². The van der Waals surface area contributed by atoms with Gasteiger partial charge in [-0.1, -0.05) is 18.2 Å². The number of para-hydroxylation sites is 1. The standard InChI is InChI=1S/C14H19F3N2O2/c1-9(8-10-6-4-5-7-11(10)21-3)19-12(20)13(2,18)14(15,16)17/h4-7,9H,8,18H2,1-3H3,(H,19,20). The Labute approximate surface area is 121 Å². The van der Waals surface area contributed by atoms with E-state index in [0.717, 1.165) is 5.56 Å². The van der Waals surface area contributed by atoms with E-state index in [1.165, 1.54) is 7.11 Å². The lowest BCUT2D eigenvalue weighted by atomic mass is 10.0. The van der Waals surface area contributed by atoms with E-state index in [0.29, 0.717) is 19.1 Å². The highest BCUT2D eigenvalue weighted by molar-refractivity contribution is 5.86. The number of hydrogen-bond acceptors (Lipinski definition) is 3. The molecule has 0 spiro atoms. The Morgan fingerprint density at radius 3 is 2.48 bits per heavy atom. The first-order chi connectivity index (χ1) is 9.59. The Morgan fingerprint density at radius 1 is 1.38 bits per heavy atom. The van der Waals surface area contributed by atoms with Gasteiger partial charge in [0.1, 0.15) is 5.75 Å². The number of halogens is 3. The van der Waals surface area contributed by atoms with Gasteiger partial charge in [-0.3, -0.25) is 4.79 Å². The van der Waals surface area contributed by atoms with E-state index in [4.69, 9.17) is 10.5 Å². The van der Waals surface area contributed by atoms with Crippen LogP contribution in [0.25, 0.3) is 0 Å². The van der Waals surface area contributed by atoms with E-state index >= 15 is 0 Å². The van der Waals surface area contributed by atoms with Gasteiger partial charge in [0, 0.05) is 6.04 Å². The summed E-state index contributed by atoms with van der Waals surface area (Å²) in [4.78, 5) is 11.7. The third kappa shape index (κ3) is 4.10. The average Bonchev–Trinajstić information content (AvgIpc) is 2.37. The molecule has 2 unspecified atom stereocenters. The Kier molecular flexibility index (Phi) is 5.22. The zero-order valence-electron chi connectivity index (χ0n) is 12.1. The zero-order valence-corrected chi connectivity index (χ0v) is 12.1. The monoisotopic (exact) mass is 304 g/mol. The minimum Gasteiger partial charge on any atom is -0.496 e. The molecule has 2 atom stereocenters. The Balaban J connectivity index is 2.74. The summed E-state index contributed by atoms with van der Waals surface area (Å²) in [6, 6.07) is 6.58. The molecule has 0 saturated carbocycles. The molecule has 0 aromatic heterocycles. The van der Waals surface area contributed by atoms with E-state index in [2.05, 4.69) is 5.32 Å². The molecule has 0 aliphatic carbocycles. The summed E-state index contributed by atoms with van der Waals surface area (Å²) >= 11 is 0. The molecule has 21 heavy (non-hydrogen) atoms. The molecular formula is C14H19F3N2O2. The molecule has 0 heterocycles. The van der Waals surface area contributed by atoms with Crippen molar-refractivity contribution in [3.8, 4) is 5.75 Å². The number of methoxy groups -OCH3 is 1. The number of carbonyl (C=O) groups excluding carboxylic acids is 1. The summed E-state index contributed by atoms with van der Waals surface area (Å²) in [5, 5.41) is 2.29. The molecule has 118 valence electrons. The largest absolute Gasteiger partial charge is 0.496 e. The first-order valence-electron chi connectivity index (χ1n) is 6.38. The van der Waals surface area contributed by atoms with Crippen LogP contribution in [0.15, 0.2) is 24.3 Å². The number of amides is 1. The topological polar surface area (TPSA) is 64.3 Å². The third-order valence-electron chi connectivity index (χ3n) is 3.16. The summed E-state index contributed by atoms with van der Waals surface area (Å²) in [5.74, 6) is -0.637. The zero-order chi connectivity index (χ0) is 16.3. The summed E-state index contributed by atoms with van der Waals surface area (Å²) in [6.45, 7) is 2.26. The van der Waals surface area contributed by atoms with Crippen LogP contribution in [0.4, 0.5) is 13.2 Å². The van der Waals surface area contributed by atoms with Gasteiger partial charge in [-0.2, -0.15) is 13.2 Å². The first-order valence-corrected chi connectivity index (χ1v) is 6.38. The van der Waals surface area contributed by atoms with Crippen LogP contribution in [0.3, 0.4) is 0 Å². The average molecular weight is 304 g/mol. The predicted octanol–water partition coefficient (Wildman–Crippen LogP) is 2.02. The van der Waals surface area contributed by atoms with Crippen LogP contribution < -0.4 is 15.8 Å². The fourth-order valence-corrected chi connectivity index (χ4v) is 1.75. The van der Waals surface area contributed by atoms with E-state index in [1.54, 1.807) is 31.2 Å². The number of nitrogens with one attached hydrogen (secondary N) is 1. The second-order valence-electron chi connectivity index (χ2n) is 5.09. The molecule has 4 nitrogen and oxygen atoms in total. The number of hydrogen-bond donors (Lipinski definition) is 2. The van der Waals surface area contributed by atoms with Gasteiger partial charge >= 0.3 is 6.18 Å². The number of ether oxygens (including phenoxy) is 1. The van der Waals surface area contributed by atoms with Crippen LogP contribution in [-0.2, 0) is 11.2 Å². The van der Waals surface area contributed by atoms with Gasteiger partial charge in [-0.05, 0) is 31.9 Å². The first kappa shape index (κ1) is 17.3. The summed E-state index contributed by atoms with van der Waals surface area (Å²) in [5.41, 5.74) is 2.95. The van der Waals surface area contributed by atoms with Gasteiger partial charge in [0.05, 0.1) is 7.11 Å². The molecule has 0 saturated heterocycles. The van der Waals surface area contributed by atoms with Crippen molar-refractivity contribution in [2.24, 2.45) is 5.73 Å². The summed E-state index contributed by atoms with van der Waals surface area (Å²) < 4.78 is 43.2. The van der Waals surface area contributed by atoms with Gasteiger partial charge in [0.25, 0.3) is 0 Å². The smallest absolute Gasteiger partial charge is 0.415 e. The molecule has 0 fully saturated rings. The minimum absolute atomic E-state index is 0.337. The van der Waals surface area contributed by atoms with Gasteiger partial charge < -0.3 is 15.8 Å². The molecule has 1 aromatic carbocycles. The van der Waals surface area contributed by atoms with Crippen LogP contribution >= 0.6 is 0 Å². The molecule has 7 heteroatoms. The molecular weight excluding hydrogens is 285 g/mol. The van der Waals surface area contributed by atoms with Crippen LogP contribution in [0.1, 0.15) is 19.4 Å². The van der Waals surface area contributed by atoms with Crippen LogP contribution in [0.2, 0.25) is 0 Å². The fraction of sp³-hybridized carbons (Fsp3) is 0.500. The fourth-order valence-electron chi connectivity index (χ4n) is 1.75. The second-order valence-corrected chi connectivity index (χ2v) is 5.09. The lowest BCUT2D eigenvalue weighted by Crippen LogP contribution is -2.62. The maximum absolute atomic E-state index is 12.7. The molecule has 3 N–H and O–H groups in total. The van der Waals surface area contributed by atoms with E-state index < -0.39 is 23.7 Å². The van der Waals surface area contributed by atoms with Crippen molar-refractivity contribution in [2.75, 3.05) is 7.11 Å². The quantitative estimate of drug-likeness (QED) is 0.875. The van der Waals surface area contributed by atoms with Crippen molar-refractivity contribution >= 4 is 5.91 Å². The molecule has 0 aliphatic heterocycles. The Morgan fingerprint density at radius 2 is 1.95 bits per heavy atom. The highest BCUT2D eigenvalue weighted by Gasteiger charge is 2.54. The lowest BCUT2D eigenvalue weighted by molar-refractivity contribution is -0.187. The molecule has 1 aromatic rings. The van der Waals surface area contributed by atoms with Crippen molar-refractivity contribution in [1.29, 1.82) is 0 Å². The number of rotatable bonds is 5. The number of benzene rings is 1. The lowest BCUT2D eigenvalue weighted by Gasteiger charge is -2.28. The third-order valence-corrected chi connectivity index (χ3v) is 3.16. The second kappa shape index (κ2) is 6.34. The Bertz CT molecular complexity index is 501. The van der Waals surface area contributed by atoms with E-state index in [-0.39, 0.29) is 0 Å². The maximum Gasteiger partial charge on any atom is 0.415 e. The van der Waals surface area contributed by atoms with Gasteiger partial charge in [-0.25, -0.2) is 0 Å². The van der Waals surface area contributed by atoms with Crippen molar-refractivity contribution < 1.29 is 22.7 Å². The van der Waals surface area contributed by atoms with E-state index in [1.807, 2.05) is 0 Å². The van der Waals surface area contributed by atoms with Crippen molar-refractivity contribution in [3.05, 3.63) is 29.8 Å². The van der Waals surface area contributed by atoms with E-state index in [9.17, 15) is 18.0 Å². The summed E-state index contributed by atoms with van der Waals surface area (Å²) in [6.07, 6.45) is -4.47. The van der Waals surface area contributed by atoms with Crippen molar-refractivity contribution in [1.82, 2.24) is 5.32 Å². The SMILES string of the molecule is COc1ccccc1CC(C)NC(=O)C(C)(N)C(F)(F)F. The van der Waals surface area contributed by atoms with Gasteiger partial charge in [-0.15, -0.1) is 0 Å². The Hall–Kier alpha value is -1.76. The van der Waals surface area contributed by atoms with Crippen molar-refractivity contribution in [3.63, 3.8) is 0 Å². The number of alkyl halides is 3. The molecule has 0 radical (unpaired) electrons. The minimum atomic E-state index is -4.80. The normalized spacial score (nSPS) is 16.0. The van der Waals surface area contributed by atoms with Crippen LogP contribution in [0, 0.1) is 0 Å².